The lowest BCUT2D eigenvalue weighted by Gasteiger charge is -2.11. The monoisotopic (exact) mass is 237 g/mol. The topological polar surface area (TPSA) is 86.6 Å². The average Bonchev–Trinajstić information content (AvgIpc) is 2.35. The van der Waals surface area contributed by atoms with Crippen molar-refractivity contribution < 1.29 is 19.8 Å². The number of aryl methyl sites for hydroxylation is 1. The SMILES string of the molecule is CCc1ccc(C(=O)N[C@@H](CO)C(=O)O)cc1. The van der Waals surface area contributed by atoms with Crippen LogP contribution in [0, 0.1) is 0 Å². The molecule has 0 unspecified atom stereocenters. The zero-order chi connectivity index (χ0) is 12.8. The third-order valence-corrected chi connectivity index (χ3v) is 2.41. The molecule has 0 spiro atoms. The first-order chi connectivity index (χ1) is 8.08. The number of aliphatic hydroxyl groups is 1. The van der Waals surface area contributed by atoms with Crippen molar-refractivity contribution in [1.82, 2.24) is 5.32 Å². The van der Waals surface area contributed by atoms with Crippen molar-refractivity contribution in [2.45, 2.75) is 19.4 Å². The number of nitrogens with one attached hydrogen (secondary N) is 1. The smallest absolute Gasteiger partial charge is 0.328 e. The molecule has 17 heavy (non-hydrogen) atoms. The minimum absolute atomic E-state index is 0.377. The fourth-order valence-electron chi connectivity index (χ4n) is 1.32. The van der Waals surface area contributed by atoms with Crippen molar-refractivity contribution in [3.05, 3.63) is 35.4 Å². The van der Waals surface area contributed by atoms with E-state index in [0.717, 1.165) is 12.0 Å². The molecule has 0 saturated carbocycles. The maximum Gasteiger partial charge on any atom is 0.328 e. The van der Waals surface area contributed by atoms with Crippen molar-refractivity contribution in [1.29, 1.82) is 0 Å². The van der Waals surface area contributed by atoms with Crippen LogP contribution in [-0.2, 0) is 11.2 Å². The third kappa shape index (κ3) is 3.57. The van der Waals surface area contributed by atoms with Crippen LogP contribution in [0.15, 0.2) is 24.3 Å². The zero-order valence-corrected chi connectivity index (χ0v) is 9.51. The van der Waals surface area contributed by atoms with E-state index >= 15 is 0 Å². The number of hydrogen-bond donors (Lipinski definition) is 3. The standard InChI is InChI=1S/C12H15NO4/c1-2-8-3-5-9(6-4-8)11(15)13-10(7-14)12(16)17/h3-6,10,14H,2,7H2,1H3,(H,13,15)(H,16,17)/t10-/m0/s1. The van der Waals surface area contributed by atoms with E-state index in [1.165, 1.54) is 0 Å². The number of aliphatic hydroxyl groups excluding tert-OH is 1. The normalized spacial score (nSPS) is 11.9. The van der Waals surface area contributed by atoms with Crippen molar-refractivity contribution in [2.75, 3.05) is 6.61 Å². The summed E-state index contributed by atoms with van der Waals surface area (Å²) in [5.41, 5.74) is 1.47. The van der Waals surface area contributed by atoms with Gasteiger partial charge in [-0.25, -0.2) is 4.79 Å². The van der Waals surface area contributed by atoms with Crippen LogP contribution >= 0.6 is 0 Å². The van der Waals surface area contributed by atoms with Gasteiger partial charge in [0.05, 0.1) is 6.61 Å². The minimum atomic E-state index is -1.27. The van der Waals surface area contributed by atoms with Crippen LogP contribution in [0.3, 0.4) is 0 Å². The van der Waals surface area contributed by atoms with Gasteiger partial charge in [-0.3, -0.25) is 4.79 Å². The molecule has 92 valence electrons. The number of amides is 1. The maximum absolute atomic E-state index is 11.6. The first-order valence-corrected chi connectivity index (χ1v) is 5.32. The van der Waals surface area contributed by atoms with Crippen LogP contribution in [0.2, 0.25) is 0 Å². The van der Waals surface area contributed by atoms with Gasteiger partial charge in [-0.1, -0.05) is 19.1 Å². The van der Waals surface area contributed by atoms with Gasteiger partial charge in [0.1, 0.15) is 0 Å². The highest BCUT2D eigenvalue weighted by molar-refractivity contribution is 5.96. The van der Waals surface area contributed by atoms with Gasteiger partial charge in [-0.15, -0.1) is 0 Å². The van der Waals surface area contributed by atoms with E-state index in [4.69, 9.17) is 10.2 Å². The number of carboxylic acids is 1. The second-order valence-electron chi connectivity index (χ2n) is 3.60. The summed E-state index contributed by atoms with van der Waals surface area (Å²) in [5, 5.41) is 19.7. The molecule has 1 rings (SSSR count). The summed E-state index contributed by atoms with van der Waals surface area (Å²) in [6.07, 6.45) is 0.871. The highest BCUT2D eigenvalue weighted by Gasteiger charge is 2.19. The van der Waals surface area contributed by atoms with Crippen LogP contribution in [0.4, 0.5) is 0 Å². The Hall–Kier alpha value is -1.88. The van der Waals surface area contributed by atoms with Crippen molar-refractivity contribution in [2.24, 2.45) is 0 Å². The summed E-state index contributed by atoms with van der Waals surface area (Å²) in [4.78, 5) is 22.3. The molecule has 0 bridgehead atoms. The van der Waals surface area contributed by atoms with Crippen LogP contribution in [-0.4, -0.2) is 34.7 Å². The van der Waals surface area contributed by atoms with Crippen LogP contribution in [0.5, 0.6) is 0 Å². The van der Waals surface area contributed by atoms with Gasteiger partial charge < -0.3 is 15.5 Å². The second kappa shape index (κ2) is 6.00. The number of hydrogen-bond acceptors (Lipinski definition) is 3. The minimum Gasteiger partial charge on any atom is -0.480 e. The average molecular weight is 237 g/mol. The fourth-order valence-corrected chi connectivity index (χ4v) is 1.32. The Kier molecular flexibility index (Phi) is 4.66. The molecule has 1 aromatic carbocycles. The summed E-state index contributed by atoms with van der Waals surface area (Å²) in [6.45, 7) is 1.37. The molecule has 5 heteroatoms. The van der Waals surface area contributed by atoms with E-state index in [2.05, 4.69) is 5.32 Å². The number of carbonyl (C=O) groups is 2. The van der Waals surface area contributed by atoms with E-state index < -0.39 is 24.5 Å². The van der Waals surface area contributed by atoms with Gasteiger partial charge in [0, 0.05) is 5.56 Å². The Labute approximate surface area is 99.1 Å². The predicted octanol–water partition coefficient (Wildman–Crippen LogP) is 0.424. The molecule has 1 atom stereocenters. The van der Waals surface area contributed by atoms with E-state index in [1.807, 2.05) is 19.1 Å². The van der Waals surface area contributed by atoms with Gasteiger partial charge >= 0.3 is 5.97 Å². The number of carbonyl (C=O) groups excluding carboxylic acids is 1. The predicted molar refractivity (Wildman–Crippen MR) is 61.8 cm³/mol. The van der Waals surface area contributed by atoms with Crippen molar-refractivity contribution >= 4 is 11.9 Å². The third-order valence-electron chi connectivity index (χ3n) is 2.41. The largest absolute Gasteiger partial charge is 0.480 e. The molecule has 0 aliphatic heterocycles. The molecular weight excluding hydrogens is 222 g/mol. The van der Waals surface area contributed by atoms with Crippen molar-refractivity contribution in [3.63, 3.8) is 0 Å². The summed E-state index contributed by atoms with van der Waals surface area (Å²) < 4.78 is 0. The molecule has 1 aromatic rings. The highest BCUT2D eigenvalue weighted by Crippen LogP contribution is 2.05. The molecule has 0 aliphatic carbocycles. The molecule has 5 nitrogen and oxygen atoms in total. The lowest BCUT2D eigenvalue weighted by atomic mass is 10.1. The van der Waals surface area contributed by atoms with E-state index in [-0.39, 0.29) is 0 Å². The summed E-state index contributed by atoms with van der Waals surface area (Å²) in [5.74, 6) is -1.76. The Bertz CT molecular complexity index is 399. The van der Waals surface area contributed by atoms with Crippen LogP contribution in [0.1, 0.15) is 22.8 Å². The molecular formula is C12H15NO4. The summed E-state index contributed by atoms with van der Waals surface area (Å²) >= 11 is 0. The first-order valence-electron chi connectivity index (χ1n) is 5.32. The van der Waals surface area contributed by atoms with Gasteiger partial charge in [0.2, 0.25) is 0 Å². The highest BCUT2D eigenvalue weighted by atomic mass is 16.4. The molecule has 0 aromatic heterocycles. The molecule has 3 N–H and O–H groups in total. The molecule has 0 fully saturated rings. The number of aliphatic carboxylic acids is 1. The van der Waals surface area contributed by atoms with Crippen LogP contribution < -0.4 is 5.32 Å². The van der Waals surface area contributed by atoms with Gasteiger partial charge in [0.15, 0.2) is 6.04 Å². The number of carboxylic acid groups (broad SMARTS) is 1. The Balaban J connectivity index is 2.72. The molecule has 0 aliphatic rings. The molecule has 0 saturated heterocycles. The second-order valence-corrected chi connectivity index (χ2v) is 3.60. The van der Waals surface area contributed by atoms with Crippen molar-refractivity contribution in [3.8, 4) is 0 Å². The lowest BCUT2D eigenvalue weighted by Crippen LogP contribution is -2.43. The van der Waals surface area contributed by atoms with E-state index in [1.54, 1.807) is 12.1 Å². The number of benzene rings is 1. The lowest BCUT2D eigenvalue weighted by molar-refractivity contribution is -0.140. The maximum atomic E-state index is 11.6. The number of rotatable bonds is 5. The summed E-state index contributed by atoms with van der Waals surface area (Å²) in [7, 11) is 0. The Morgan fingerprint density at radius 3 is 2.29 bits per heavy atom. The van der Waals surface area contributed by atoms with Gasteiger partial charge in [-0.05, 0) is 24.1 Å². The van der Waals surface area contributed by atoms with Gasteiger partial charge in [0.25, 0.3) is 5.91 Å². The molecule has 0 radical (unpaired) electrons. The zero-order valence-electron chi connectivity index (χ0n) is 9.51. The first kappa shape index (κ1) is 13.2. The van der Waals surface area contributed by atoms with Gasteiger partial charge in [-0.2, -0.15) is 0 Å². The van der Waals surface area contributed by atoms with Crippen LogP contribution in [0.25, 0.3) is 0 Å². The fraction of sp³-hybridized carbons (Fsp3) is 0.333. The Morgan fingerprint density at radius 2 is 1.88 bits per heavy atom. The van der Waals surface area contributed by atoms with E-state index in [0.29, 0.717) is 5.56 Å². The quantitative estimate of drug-likeness (QED) is 0.693. The molecule has 0 heterocycles. The molecule has 1 amide bonds. The summed E-state index contributed by atoms with van der Waals surface area (Å²) in [6, 6.07) is 5.61. The van der Waals surface area contributed by atoms with E-state index in [9.17, 15) is 9.59 Å². The Morgan fingerprint density at radius 1 is 1.29 bits per heavy atom.